The number of hydrogen-bond acceptors (Lipinski definition) is 5. The molecule has 9 nitrogen and oxygen atoms in total. The van der Waals surface area contributed by atoms with E-state index in [9.17, 15) is 24.1 Å². The second-order valence-electron chi connectivity index (χ2n) is 5.46. The van der Waals surface area contributed by atoms with Gasteiger partial charge in [0.25, 0.3) is 5.91 Å². The predicted molar refractivity (Wildman–Crippen MR) is 88.5 cm³/mol. The van der Waals surface area contributed by atoms with E-state index in [1.165, 1.54) is 26.1 Å². The summed E-state index contributed by atoms with van der Waals surface area (Å²) in [6, 6.07) is 2.46. The Balaban J connectivity index is 2.40. The number of nitro groups is 1. The molecule has 0 spiro atoms. The zero-order valence-electron chi connectivity index (χ0n) is 13.7. The lowest BCUT2D eigenvalue weighted by molar-refractivity contribution is -0.385. The molecule has 2 N–H and O–H groups in total. The van der Waals surface area contributed by atoms with Gasteiger partial charge in [0.05, 0.1) is 22.4 Å². The molecule has 0 saturated heterocycles. The largest absolute Gasteiger partial charge is 0.481 e. The minimum Gasteiger partial charge on any atom is -0.481 e. The molecule has 0 fully saturated rings. The molecular weight excluding hydrogens is 371 g/mol. The van der Waals surface area contributed by atoms with Gasteiger partial charge in [-0.2, -0.15) is 5.10 Å². The van der Waals surface area contributed by atoms with E-state index in [1.807, 2.05) is 0 Å². The molecule has 1 aromatic carbocycles. The average Bonchev–Trinajstić information content (AvgIpc) is 2.83. The first-order valence-electron chi connectivity index (χ1n) is 7.27. The number of carbonyl (C=O) groups is 2. The SMILES string of the molecule is Cc1nn(C)c(C(=O)NC(CC(=O)O)c2ccc(Cl)c(F)c2)c1[N+](=O)[O-]. The lowest BCUT2D eigenvalue weighted by Crippen LogP contribution is -2.32. The third-order valence-corrected chi connectivity index (χ3v) is 3.92. The van der Waals surface area contributed by atoms with Crippen LogP contribution in [-0.2, 0) is 11.8 Å². The van der Waals surface area contributed by atoms with Crippen molar-refractivity contribution in [1.29, 1.82) is 0 Å². The van der Waals surface area contributed by atoms with Gasteiger partial charge in [0.2, 0.25) is 5.69 Å². The highest BCUT2D eigenvalue weighted by Gasteiger charge is 2.31. The molecule has 26 heavy (non-hydrogen) atoms. The predicted octanol–water partition coefficient (Wildman–Crippen LogP) is 2.38. The molecule has 138 valence electrons. The summed E-state index contributed by atoms with van der Waals surface area (Å²) >= 11 is 5.61. The van der Waals surface area contributed by atoms with Gasteiger partial charge in [-0.15, -0.1) is 0 Å². The summed E-state index contributed by atoms with van der Waals surface area (Å²) in [5.74, 6) is -2.93. The Hall–Kier alpha value is -3.01. The van der Waals surface area contributed by atoms with Crippen LogP contribution >= 0.6 is 11.6 Å². The number of carbonyl (C=O) groups excluding carboxylic acids is 1. The van der Waals surface area contributed by atoms with Crippen LogP contribution in [0.4, 0.5) is 10.1 Å². The van der Waals surface area contributed by atoms with E-state index in [-0.39, 0.29) is 22.0 Å². The van der Waals surface area contributed by atoms with E-state index in [0.29, 0.717) is 0 Å². The molecule has 2 aromatic rings. The third kappa shape index (κ3) is 3.97. The normalized spacial score (nSPS) is 11.8. The van der Waals surface area contributed by atoms with Gasteiger partial charge in [0.15, 0.2) is 0 Å². The van der Waals surface area contributed by atoms with Gasteiger partial charge in [-0.3, -0.25) is 24.4 Å². The highest BCUT2D eigenvalue weighted by Crippen LogP contribution is 2.26. The Labute approximate surface area is 151 Å². The third-order valence-electron chi connectivity index (χ3n) is 3.62. The summed E-state index contributed by atoms with van der Waals surface area (Å²) in [7, 11) is 1.35. The number of aromatic nitrogens is 2. The summed E-state index contributed by atoms with van der Waals surface area (Å²) in [6.07, 6.45) is -0.558. The lowest BCUT2D eigenvalue weighted by Gasteiger charge is -2.17. The second kappa shape index (κ2) is 7.48. The maximum absolute atomic E-state index is 13.7. The monoisotopic (exact) mass is 384 g/mol. The highest BCUT2D eigenvalue weighted by atomic mass is 35.5. The van der Waals surface area contributed by atoms with Crippen molar-refractivity contribution in [1.82, 2.24) is 15.1 Å². The van der Waals surface area contributed by atoms with Crippen molar-refractivity contribution in [2.24, 2.45) is 7.05 Å². The molecule has 0 aliphatic rings. The number of halogens is 2. The number of amides is 1. The standard InChI is InChI=1S/C15H14ClFN4O5/c1-7-13(21(25)26)14(20(2)19-7)15(24)18-11(6-12(22)23)8-3-4-9(16)10(17)5-8/h3-5,11H,6H2,1-2H3,(H,18,24)(H,22,23). The maximum Gasteiger partial charge on any atom is 0.322 e. The number of nitrogens with one attached hydrogen (secondary N) is 1. The van der Waals surface area contributed by atoms with Crippen molar-refractivity contribution in [3.8, 4) is 0 Å². The van der Waals surface area contributed by atoms with Gasteiger partial charge in [-0.05, 0) is 24.6 Å². The molecule has 1 aromatic heterocycles. The molecule has 1 heterocycles. The summed E-state index contributed by atoms with van der Waals surface area (Å²) < 4.78 is 14.7. The number of aryl methyl sites for hydroxylation is 2. The number of rotatable bonds is 6. The molecule has 0 aliphatic carbocycles. The first-order valence-corrected chi connectivity index (χ1v) is 7.65. The smallest absolute Gasteiger partial charge is 0.322 e. The van der Waals surface area contributed by atoms with Gasteiger partial charge < -0.3 is 10.4 Å². The Morgan fingerprint density at radius 3 is 2.69 bits per heavy atom. The van der Waals surface area contributed by atoms with Crippen LogP contribution < -0.4 is 5.32 Å². The van der Waals surface area contributed by atoms with E-state index in [0.717, 1.165) is 10.7 Å². The highest BCUT2D eigenvalue weighted by molar-refractivity contribution is 6.30. The van der Waals surface area contributed by atoms with Crippen molar-refractivity contribution in [2.45, 2.75) is 19.4 Å². The Morgan fingerprint density at radius 1 is 1.50 bits per heavy atom. The Bertz CT molecular complexity index is 898. The zero-order valence-corrected chi connectivity index (χ0v) is 14.5. The fourth-order valence-electron chi connectivity index (χ4n) is 2.50. The number of benzene rings is 1. The van der Waals surface area contributed by atoms with E-state index in [4.69, 9.17) is 16.7 Å². The summed E-state index contributed by atoms with van der Waals surface area (Å²) in [5.41, 5.74) is -0.627. The van der Waals surface area contributed by atoms with Crippen molar-refractivity contribution < 1.29 is 24.0 Å². The Morgan fingerprint density at radius 2 is 2.15 bits per heavy atom. The van der Waals surface area contributed by atoms with Crippen molar-refractivity contribution in [2.75, 3.05) is 0 Å². The van der Waals surface area contributed by atoms with E-state index < -0.39 is 40.8 Å². The Kier molecular flexibility index (Phi) is 5.56. The molecule has 0 saturated carbocycles. The number of hydrogen-bond donors (Lipinski definition) is 2. The minimum atomic E-state index is -1.25. The quantitative estimate of drug-likeness (QED) is 0.581. The molecular formula is C15H14ClFN4O5. The average molecular weight is 385 g/mol. The van der Waals surface area contributed by atoms with Crippen LogP contribution in [0.25, 0.3) is 0 Å². The van der Waals surface area contributed by atoms with Crippen molar-refractivity contribution in [3.63, 3.8) is 0 Å². The molecule has 0 aliphatic heterocycles. The van der Waals surface area contributed by atoms with Crippen LogP contribution in [0.2, 0.25) is 5.02 Å². The van der Waals surface area contributed by atoms with Crippen LogP contribution in [0.3, 0.4) is 0 Å². The van der Waals surface area contributed by atoms with Crippen LogP contribution in [0.5, 0.6) is 0 Å². The van der Waals surface area contributed by atoms with Gasteiger partial charge in [-0.25, -0.2) is 4.39 Å². The molecule has 1 unspecified atom stereocenters. The van der Waals surface area contributed by atoms with E-state index in [2.05, 4.69) is 10.4 Å². The summed E-state index contributed by atoms with van der Waals surface area (Å²) in [4.78, 5) is 34.1. The first kappa shape index (κ1) is 19.3. The fraction of sp³-hybridized carbons (Fsp3) is 0.267. The van der Waals surface area contributed by atoms with Crippen LogP contribution in [0, 0.1) is 22.9 Å². The number of carboxylic acids is 1. The van der Waals surface area contributed by atoms with Gasteiger partial charge in [0, 0.05) is 7.05 Å². The molecule has 1 atom stereocenters. The fourth-order valence-corrected chi connectivity index (χ4v) is 2.62. The maximum atomic E-state index is 13.7. The van der Waals surface area contributed by atoms with Crippen molar-refractivity contribution in [3.05, 3.63) is 56.1 Å². The van der Waals surface area contributed by atoms with Gasteiger partial charge >= 0.3 is 11.7 Å². The van der Waals surface area contributed by atoms with Gasteiger partial charge in [0.1, 0.15) is 11.5 Å². The van der Waals surface area contributed by atoms with Crippen molar-refractivity contribution >= 4 is 29.2 Å². The summed E-state index contributed by atoms with van der Waals surface area (Å²) in [6.45, 7) is 1.37. The molecule has 0 bridgehead atoms. The molecule has 0 radical (unpaired) electrons. The lowest BCUT2D eigenvalue weighted by atomic mass is 10.0. The zero-order chi connectivity index (χ0) is 19.6. The molecule has 2 rings (SSSR count). The summed E-state index contributed by atoms with van der Waals surface area (Å²) in [5, 5.41) is 26.3. The number of aliphatic carboxylic acids is 1. The molecule has 1 amide bonds. The number of carboxylic acid groups (broad SMARTS) is 1. The van der Waals surface area contributed by atoms with E-state index >= 15 is 0 Å². The van der Waals surface area contributed by atoms with Crippen LogP contribution in [0.15, 0.2) is 18.2 Å². The molecule has 11 heteroatoms. The minimum absolute atomic E-state index is 0.0370. The first-order chi connectivity index (χ1) is 12.1. The van der Waals surface area contributed by atoms with Crippen LogP contribution in [0.1, 0.15) is 34.2 Å². The second-order valence-corrected chi connectivity index (χ2v) is 5.87. The van der Waals surface area contributed by atoms with Gasteiger partial charge in [-0.1, -0.05) is 17.7 Å². The number of nitrogens with zero attached hydrogens (tertiary/aromatic N) is 3. The van der Waals surface area contributed by atoms with Crippen LogP contribution in [-0.4, -0.2) is 31.7 Å². The van der Waals surface area contributed by atoms with E-state index in [1.54, 1.807) is 0 Å². The topological polar surface area (TPSA) is 127 Å².